The first-order chi connectivity index (χ1) is 6.29. The number of rotatable bonds is 3. The van der Waals surface area contributed by atoms with Gasteiger partial charge in [-0.05, 0) is 23.8 Å². The molecule has 1 aliphatic rings. The lowest BCUT2D eigenvalue weighted by Crippen LogP contribution is -1.88. The van der Waals surface area contributed by atoms with Gasteiger partial charge in [-0.1, -0.05) is 39.5 Å². The van der Waals surface area contributed by atoms with Gasteiger partial charge < -0.3 is 0 Å². The summed E-state index contributed by atoms with van der Waals surface area (Å²) < 4.78 is 0. The minimum atomic E-state index is 0.747. The average Bonchev–Trinajstić information content (AvgIpc) is 2.86. The standard InChI is InChI=1S/C10H15N.C2H6/c1-4-5-9(7-11-3)10-6-8(10)2;1-2/h4-5,7-8,10H,1,6H2,2-3H3;1-2H3/b9-5+,11-7?;. The summed E-state index contributed by atoms with van der Waals surface area (Å²) in [5.74, 6) is 1.59. The maximum atomic E-state index is 4.01. The van der Waals surface area contributed by atoms with E-state index in [9.17, 15) is 0 Å². The quantitative estimate of drug-likeness (QED) is 0.464. The van der Waals surface area contributed by atoms with Crippen LogP contribution in [0.5, 0.6) is 0 Å². The largest absolute Gasteiger partial charge is 0.296 e. The van der Waals surface area contributed by atoms with Crippen LogP contribution < -0.4 is 0 Å². The Labute approximate surface area is 82.3 Å². The van der Waals surface area contributed by atoms with Crippen LogP contribution in [0.3, 0.4) is 0 Å². The molecule has 0 heterocycles. The van der Waals surface area contributed by atoms with E-state index in [1.54, 1.807) is 0 Å². The second-order valence-electron chi connectivity index (χ2n) is 3.11. The molecule has 0 N–H and O–H groups in total. The van der Waals surface area contributed by atoms with E-state index in [1.807, 2.05) is 33.2 Å². The molecule has 1 aliphatic carbocycles. The van der Waals surface area contributed by atoms with Gasteiger partial charge in [0.05, 0.1) is 0 Å². The summed E-state index contributed by atoms with van der Waals surface area (Å²) in [6.45, 7) is 9.95. The first-order valence-electron chi connectivity index (χ1n) is 5.04. The number of hydrogen-bond acceptors (Lipinski definition) is 1. The van der Waals surface area contributed by atoms with Gasteiger partial charge >= 0.3 is 0 Å². The highest BCUT2D eigenvalue weighted by molar-refractivity contribution is 5.80. The van der Waals surface area contributed by atoms with Crippen molar-refractivity contribution in [1.29, 1.82) is 0 Å². The van der Waals surface area contributed by atoms with E-state index in [-0.39, 0.29) is 0 Å². The Bertz CT molecular complexity index is 201. The van der Waals surface area contributed by atoms with Gasteiger partial charge in [-0.3, -0.25) is 4.99 Å². The van der Waals surface area contributed by atoms with Crippen molar-refractivity contribution in [3.63, 3.8) is 0 Å². The van der Waals surface area contributed by atoms with Crippen LogP contribution in [0.25, 0.3) is 0 Å². The Morgan fingerprint density at radius 3 is 2.31 bits per heavy atom. The molecular weight excluding hydrogens is 158 g/mol. The van der Waals surface area contributed by atoms with Gasteiger partial charge in [-0.25, -0.2) is 0 Å². The summed E-state index contributed by atoms with van der Waals surface area (Å²) in [6, 6.07) is 0. The molecule has 0 saturated heterocycles. The van der Waals surface area contributed by atoms with E-state index in [1.165, 1.54) is 12.0 Å². The van der Waals surface area contributed by atoms with E-state index in [2.05, 4.69) is 24.6 Å². The summed E-state index contributed by atoms with van der Waals surface area (Å²) in [5, 5.41) is 0. The molecule has 0 aromatic heterocycles. The van der Waals surface area contributed by atoms with Crippen molar-refractivity contribution in [3.05, 3.63) is 24.3 Å². The van der Waals surface area contributed by atoms with Gasteiger partial charge in [0.2, 0.25) is 0 Å². The van der Waals surface area contributed by atoms with Crippen molar-refractivity contribution >= 4 is 6.21 Å². The third-order valence-corrected chi connectivity index (χ3v) is 2.13. The Morgan fingerprint density at radius 1 is 1.46 bits per heavy atom. The molecule has 74 valence electrons. The van der Waals surface area contributed by atoms with Gasteiger partial charge in [-0.15, -0.1) is 0 Å². The molecule has 0 amide bonds. The van der Waals surface area contributed by atoms with E-state index < -0.39 is 0 Å². The van der Waals surface area contributed by atoms with Crippen LogP contribution in [0.4, 0.5) is 0 Å². The van der Waals surface area contributed by atoms with Crippen LogP contribution in [-0.2, 0) is 0 Å². The monoisotopic (exact) mass is 179 g/mol. The van der Waals surface area contributed by atoms with Gasteiger partial charge in [-0.2, -0.15) is 0 Å². The van der Waals surface area contributed by atoms with Crippen LogP contribution in [0, 0.1) is 11.8 Å². The summed E-state index contributed by atoms with van der Waals surface area (Å²) in [5.41, 5.74) is 1.33. The van der Waals surface area contributed by atoms with E-state index in [0.717, 1.165) is 11.8 Å². The molecule has 0 bridgehead atoms. The molecule has 0 aliphatic heterocycles. The van der Waals surface area contributed by atoms with E-state index in [4.69, 9.17) is 0 Å². The van der Waals surface area contributed by atoms with Crippen LogP contribution in [0.1, 0.15) is 27.2 Å². The third-order valence-electron chi connectivity index (χ3n) is 2.13. The first-order valence-corrected chi connectivity index (χ1v) is 5.04. The Hall–Kier alpha value is -0.850. The summed E-state index contributed by atoms with van der Waals surface area (Å²) in [7, 11) is 1.81. The molecule has 1 nitrogen and oxygen atoms in total. The molecule has 0 radical (unpaired) electrons. The predicted molar refractivity (Wildman–Crippen MR) is 61.3 cm³/mol. The van der Waals surface area contributed by atoms with E-state index in [0.29, 0.717) is 0 Å². The Balaban J connectivity index is 0.000000671. The fourth-order valence-electron chi connectivity index (χ4n) is 1.33. The normalized spacial score (nSPS) is 26.6. The number of allylic oxidation sites excluding steroid dienone is 3. The molecule has 2 atom stereocenters. The van der Waals surface area contributed by atoms with Gasteiger partial charge in [0.15, 0.2) is 0 Å². The Morgan fingerprint density at radius 2 is 2.00 bits per heavy atom. The zero-order valence-corrected chi connectivity index (χ0v) is 9.25. The van der Waals surface area contributed by atoms with Crippen molar-refractivity contribution in [2.75, 3.05) is 7.05 Å². The molecule has 13 heavy (non-hydrogen) atoms. The smallest absolute Gasteiger partial charge is 0.0277 e. The summed E-state index contributed by atoms with van der Waals surface area (Å²) in [6.07, 6.45) is 7.14. The summed E-state index contributed by atoms with van der Waals surface area (Å²) >= 11 is 0. The lowest BCUT2D eigenvalue weighted by molar-refractivity contribution is 0.883. The molecular formula is C12H21N. The fraction of sp³-hybridized carbons (Fsp3) is 0.583. The molecule has 0 aromatic rings. The Kier molecular flexibility index (Phi) is 6.21. The highest BCUT2D eigenvalue weighted by Crippen LogP contribution is 2.42. The van der Waals surface area contributed by atoms with Crippen LogP contribution >= 0.6 is 0 Å². The van der Waals surface area contributed by atoms with Crippen LogP contribution in [0.2, 0.25) is 0 Å². The minimum Gasteiger partial charge on any atom is -0.296 e. The number of nitrogens with zero attached hydrogens (tertiary/aromatic N) is 1. The van der Waals surface area contributed by atoms with Crippen molar-refractivity contribution in [1.82, 2.24) is 0 Å². The molecule has 1 rings (SSSR count). The van der Waals surface area contributed by atoms with E-state index >= 15 is 0 Å². The zero-order valence-electron chi connectivity index (χ0n) is 9.25. The third kappa shape index (κ3) is 4.07. The first kappa shape index (κ1) is 12.2. The van der Waals surface area contributed by atoms with Gasteiger partial charge in [0, 0.05) is 13.3 Å². The molecule has 1 heteroatoms. The van der Waals surface area contributed by atoms with Crippen molar-refractivity contribution in [2.45, 2.75) is 27.2 Å². The fourth-order valence-corrected chi connectivity index (χ4v) is 1.33. The molecule has 0 spiro atoms. The maximum absolute atomic E-state index is 4.01. The van der Waals surface area contributed by atoms with Gasteiger partial charge in [0.1, 0.15) is 0 Å². The van der Waals surface area contributed by atoms with Crippen molar-refractivity contribution in [2.24, 2.45) is 16.8 Å². The molecule has 1 saturated carbocycles. The second-order valence-corrected chi connectivity index (χ2v) is 3.11. The molecule has 2 unspecified atom stereocenters. The second kappa shape index (κ2) is 6.64. The summed E-state index contributed by atoms with van der Waals surface area (Å²) in [4.78, 5) is 4.01. The molecule has 0 aromatic carbocycles. The zero-order chi connectivity index (χ0) is 10.3. The van der Waals surface area contributed by atoms with Crippen molar-refractivity contribution < 1.29 is 0 Å². The topological polar surface area (TPSA) is 12.4 Å². The minimum absolute atomic E-state index is 0.747. The average molecular weight is 179 g/mol. The lowest BCUT2D eigenvalue weighted by atomic mass is 10.1. The SMILES string of the molecule is C=C/C=C(\C=NC)C1CC1C.CC. The van der Waals surface area contributed by atoms with Crippen LogP contribution in [-0.4, -0.2) is 13.3 Å². The highest BCUT2D eigenvalue weighted by Gasteiger charge is 2.34. The van der Waals surface area contributed by atoms with Crippen LogP contribution in [0.15, 0.2) is 29.3 Å². The molecule has 1 fully saturated rings. The maximum Gasteiger partial charge on any atom is 0.0277 e. The lowest BCUT2D eigenvalue weighted by Gasteiger charge is -1.95. The predicted octanol–water partition coefficient (Wildman–Crippen LogP) is 3.48. The number of hydrogen-bond donors (Lipinski definition) is 0. The van der Waals surface area contributed by atoms with Crippen molar-refractivity contribution in [3.8, 4) is 0 Å². The highest BCUT2D eigenvalue weighted by atomic mass is 14.6. The van der Waals surface area contributed by atoms with Gasteiger partial charge in [0.25, 0.3) is 0 Å². The number of aliphatic imine (C=N–C) groups is 1.